The summed E-state index contributed by atoms with van der Waals surface area (Å²) in [7, 11) is 0. The third-order valence-electron chi connectivity index (χ3n) is 4.08. The Kier molecular flexibility index (Phi) is 1.96. The number of nitrogens with one attached hydrogen (secondary N) is 1. The molecule has 76 valence electrons. The lowest BCUT2D eigenvalue weighted by Gasteiger charge is -2.45. The molecule has 0 saturated heterocycles. The lowest BCUT2D eigenvalue weighted by molar-refractivity contribution is 0.214. The molecule has 3 rings (SSSR count). The van der Waals surface area contributed by atoms with Gasteiger partial charge >= 0.3 is 0 Å². The zero-order chi connectivity index (χ0) is 9.60. The third kappa shape index (κ3) is 1.10. The van der Waals surface area contributed by atoms with Gasteiger partial charge in [-0.15, -0.1) is 11.3 Å². The highest BCUT2D eigenvalue weighted by Crippen LogP contribution is 2.44. The summed E-state index contributed by atoms with van der Waals surface area (Å²) in [6.07, 6.45) is 5.55. The van der Waals surface area contributed by atoms with Gasteiger partial charge in [-0.05, 0) is 29.9 Å². The van der Waals surface area contributed by atoms with E-state index in [1.54, 1.807) is 10.4 Å². The van der Waals surface area contributed by atoms with E-state index in [1.807, 2.05) is 11.3 Å². The molecular weight excluding hydrogens is 190 g/mol. The molecule has 1 saturated carbocycles. The summed E-state index contributed by atoms with van der Waals surface area (Å²) in [4.78, 5) is 1.57. The third-order valence-corrected chi connectivity index (χ3v) is 5.00. The van der Waals surface area contributed by atoms with Crippen molar-refractivity contribution in [2.75, 3.05) is 0 Å². The van der Waals surface area contributed by atoms with E-state index < -0.39 is 0 Å². The monoisotopic (exact) mass is 207 g/mol. The smallest absolute Gasteiger partial charge is 0.0305 e. The zero-order valence-corrected chi connectivity index (χ0v) is 9.49. The van der Waals surface area contributed by atoms with E-state index in [1.165, 1.54) is 25.7 Å². The van der Waals surface area contributed by atoms with Crippen LogP contribution in [-0.2, 0) is 12.0 Å². The fraction of sp³-hybridized carbons (Fsp3) is 0.667. The molecule has 2 atom stereocenters. The number of hydrogen-bond donors (Lipinski definition) is 1. The molecule has 1 nitrogen and oxygen atoms in total. The molecule has 1 fully saturated rings. The van der Waals surface area contributed by atoms with Gasteiger partial charge in [-0.2, -0.15) is 0 Å². The lowest BCUT2D eigenvalue weighted by atomic mass is 9.66. The second-order valence-electron chi connectivity index (χ2n) is 4.85. The van der Waals surface area contributed by atoms with Crippen LogP contribution in [0.2, 0.25) is 0 Å². The molecule has 2 aliphatic rings. The minimum Gasteiger partial charge on any atom is -0.308 e. The number of fused-ring (bicyclic) bond motifs is 3. The van der Waals surface area contributed by atoms with Crippen molar-refractivity contribution in [2.45, 2.75) is 50.6 Å². The quantitative estimate of drug-likeness (QED) is 0.689. The summed E-state index contributed by atoms with van der Waals surface area (Å²) in [5.74, 6) is 0. The van der Waals surface area contributed by atoms with E-state index in [9.17, 15) is 0 Å². The van der Waals surface area contributed by atoms with Crippen molar-refractivity contribution in [1.29, 1.82) is 0 Å². The Bertz CT molecular complexity index is 344. The van der Waals surface area contributed by atoms with E-state index in [4.69, 9.17) is 0 Å². The summed E-state index contributed by atoms with van der Waals surface area (Å²) in [6.45, 7) is 3.56. The Hall–Kier alpha value is -0.340. The van der Waals surface area contributed by atoms with E-state index in [0.717, 1.165) is 12.6 Å². The Balaban J connectivity index is 2.07. The molecule has 2 heteroatoms. The van der Waals surface area contributed by atoms with Crippen LogP contribution in [-0.4, -0.2) is 6.04 Å². The fourth-order valence-electron chi connectivity index (χ4n) is 3.19. The van der Waals surface area contributed by atoms with Crippen LogP contribution in [0.15, 0.2) is 11.4 Å². The molecular formula is C12H17NS. The Labute approximate surface area is 89.5 Å². The SMILES string of the molecule is CC12CCCCC1NCc1sccc12. The zero-order valence-electron chi connectivity index (χ0n) is 8.68. The fourth-order valence-corrected chi connectivity index (χ4v) is 4.15. The topological polar surface area (TPSA) is 12.0 Å². The molecule has 1 aliphatic carbocycles. The lowest BCUT2D eigenvalue weighted by Crippen LogP contribution is -2.51. The van der Waals surface area contributed by atoms with Crippen molar-refractivity contribution < 1.29 is 0 Å². The van der Waals surface area contributed by atoms with Gasteiger partial charge in [0.15, 0.2) is 0 Å². The van der Waals surface area contributed by atoms with Gasteiger partial charge in [0.05, 0.1) is 0 Å². The van der Waals surface area contributed by atoms with Gasteiger partial charge in [-0.1, -0.05) is 19.8 Å². The molecule has 1 aromatic rings. The van der Waals surface area contributed by atoms with Gasteiger partial charge in [-0.25, -0.2) is 0 Å². The van der Waals surface area contributed by atoms with Gasteiger partial charge in [0.25, 0.3) is 0 Å². The van der Waals surface area contributed by atoms with Crippen LogP contribution >= 0.6 is 11.3 Å². The molecule has 0 bridgehead atoms. The highest BCUT2D eigenvalue weighted by atomic mass is 32.1. The summed E-state index contributed by atoms with van der Waals surface area (Å²) in [5, 5.41) is 5.97. The van der Waals surface area contributed by atoms with Crippen LogP contribution < -0.4 is 5.32 Å². The van der Waals surface area contributed by atoms with Gasteiger partial charge in [-0.3, -0.25) is 0 Å². The van der Waals surface area contributed by atoms with Crippen LogP contribution in [0, 0.1) is 0 Å². The van der Waals surface area contributed by atoms with Gasteiger partial charge < -0.3 is 5.32 Å². The maximum atomic E-state index is 3.71. The Morgan fingerprint density at radius 1 is 1.50 bits per heavy atom. The number of thiophene rings is 1. The number of rotatable bonds is 0. The molecule has 1 aliphatic heterocycles. The van der Waals surface area contributed by atoms with E-state index in [2.05, 4.69) is 23.7 Å². The van der Waals surface area contributed by atoms with Crippen LogP contribution in [0.3, 0.4) is 0 Å². The standard InChI is InChI=1S/C12H17NS/c1-12-6-3-2-4-11(12)13-8-10-9(12)5-7-14-10/h5,7,11,13H,2-4,6,8H2,1H3. The maximum Gasteiger partial charge on any atom is 0.0305 e. The molecule has 2 unspecified atom stereocenters. The average Bonchev–Trinajstić information content (AvgIpc) is 2.66. The predicted molar refractivity (Wildman–Crippen MR) is 60.8 cm³/mol. The molecule has 2 heterocycles. The molecule has 1 N–H and O–H groups in total. The summed E-state index contributed by atoms with van der Waals surface area (Å²) in [5.41, 5.74) is 2.08. The highest BCUT2D eigenvalue weighted by Gasteiger charge is 2.41. The second kappa shape index (κ2) is 3.07. The minimum atomic E-state index is 0.436. The summed E-state index contributed by atoms with van der Waals surface area (Å²) >= 11 is 1.92. The van der Waals surface area contributed by atoms with Crippen molar-refractivity contribution in [1.82, 2.24) is 5.32 Å². The maximum absolute atomic E-state index is 3.71. The Morgan fingerprint density at radius 3 is 3.36 bits per heavy atom. The van der Waals surface area contributed by atoms with Crippen molar-refractivity contribution >= 4 is 11.3 Å². The van der Waals surface area contributed by atoms with Crippen LogP contribution in [0.4, 0.5) is 0 Å². The summed E-state index contributed by atoms with van der Waals surface area (Å²) < 4.78 is 0. The summed E-state index contributed by atoms with van der Waals surface area (Å²) in [6, 6.07) is 3.09. The van der Waals surface area contributed by atoms with E-state index in [-0.39, 0.29) is 0 Å². The van der Waals surface area contributed by atoms with Gasteiger partial charge in [0, 0.05) is 22.9 Å². The highest BCUT2D eigenvalue weighted by molar-refractivity contribution is 7.10. The van der Waals surface area contributed by atoms with Crippen molar-refractivity contribution in [2.24, 2.45) is 0 Å². The van der Waals surface area contributed by atoms with Crippen molar-refractivity contribution in [3.63, 3.8) is 0 Å². The van der Waals surface area contributed by atoms with Crippen LogP contribution in [0.1, 0.15) is 43.0 Å². The first-order valence-corrected chi connectivity index (χ1v) is 6.49. The largest absolute Gasteiger partial charge is 0.308 e. The van der Waals surface area contributed by atoms with E-state index >= 15 is 0 Å². The Morgan fingerprint density at radius 2 is 2.43 bits per heavy atom. The van der Waals surface area contributed by atoms with E-state index in [0.29, 0.717) is 5.41 Å². The van der Waals surface area contributed by atoms with Crippen molar-refractivity contribution in [3.05, 3.63) is 21.9 Å². The predicted octanol–water partition coefficient (Wildman–Crippen LogP) is 3.05. The first kappa shape index (κ1) is 8.93. The van der Waals surface area contributed by atoms with Crippen molar-refractivity contribution in [3.8, 4) is 0 Å². The van der Waals surface area contributed by atoms with Gasteiger partial charge in [0.1, 0.15) is 0 Å². The molecule has 0 spiro atoms. The average molecular weight is 207 g/mol. The molecule has 0 amide bonds. The minimum absolute atomic E-state index is 0.436. The van der Waals surface area contributed by atoms with Crippen LogP contribution in [0.5, 0.6) is 0 Å². The normalized spacial score (nSPS) is 36.2. The molecule has 1 aromatic heterocycles. The molecule has 0 aromatic carbocycles. The number of hydrogen-bond acceptors (Lipinski definition) is 2. The molecule has 0 radical (unpaired) electrons. The first-order chi connectivity index (χ1) is 6.81. The molecule has 14 heavy (non-hydrogen) atoms. The first-order valence-electron chi connectivity index (χ1n) is 5.61. The van der Waals surface area contributed by atoms with Crippen LogP contribution in [0.25, 0.3) is 0 Å². The second-order valence-corrected chi connectivity index (χ2v) is 5.85. The van der Waals surface area contributed by atoms with Gasteiger partial charge in [0.2, 0.25) is 0 Å².